The number of hydrogen-bond acceptors (Lipinski definition) is 3. The monoisotopic (exact) mass is 309 g/mol. The summed E-state index contributed by atoms with van der Waals surface area (Å²) in [5.41, 5.74) is 8.51. The summed E-state index contributed by atoms with van der Waals surface area (Å²) < 4.78 is 0. The largest absolute Gasteiger partial charge is 0.374 e. The van der Waals surface area contributed by atoms with Crippen molar-refractivity contribution in [3.05, 3.63) is 28.8 Å². The third-order valence-corrected chi connectivity index (χ3v) is 4.60. The molecule has 0 spiro atoms. The Bertz CT molecular complexity index is 453. The fourth-order valence-corrected chi connectivity index (χ4v) is 3.36. The normalized spacial score (nSPS) is 18.7. The highest BCUT2D eigenvalue weighted by Gasteiger charge is 2.19. The molecule has 0 radical (unpaired) electrons. The van der Waals surface area contributed by atoms with Crippen LogP contribution in [0.25, 0.3) is 0 Å². The van der Waals surface area contributed by atoms with E-state index in [2.05, 4.69) is 36.0 Å². The zero-order chi connectivity index (χ0) is 15.4. The second-order valence-electron chi connectivity index (χ2n) is 6.58. The first-order chi connectivity index (χ1) is 9.95. The van der Waals surface area contributed by atoms with E-state index in [1.54, 1.807) is 0 Å². The van der Waals surface area contributed by atoms with Crippen LogP contribution in [0.3, 0.4) is 0 Å². The van der Waals surface area contributed by atoms with Gasteiger partial charge in [-0.3, -0.25) is 0 Å². The number of halogens is 1. The molecule has 1 fully saturated rings. The number of hydrogen-bond donors (Lipinski definition) is 1. The summed E-state index contributed by atoms with van der Waals surface area (Å²) in [5.74, 6) is 0.782. The molecule has 1 atom stereocenters. The minimum atomic E-state index is 0.152. The van der Waals surface area contributed by atoms with Crippen LogP contribution in [0.5, 0.6) is 0 Å². The summed E-state index contributed by atoms with van der Waals surface area (Å²) in [6, 6.07) is 6.33. The highest BCUT2D eigenvalue weighted by molar-refractivity contribution is 6.30. The molecule has 1 aliphatic heterocycles. The van der Waals surface area contributed by atoms with Gasteiger partial charge in [-0.05, 0) is 76.0 Å². The molecule has 2 rings (SSSR count). The number of rotatable bonds is 5. The van der Waals surface area contributed by atoms with Crippen molar-refractivity contribution < 1.29 is 0 Å². The van der Waals surface area contributed by atoms with Gasteiger partial charge in [0.2, 0.25) is 0 Å². The Balaban J connectivity index is 2.05. The van der Waals surface area contributed by atoms with E-state index in [1.165, 1.54) is 37.2 Å². The fourth-order valence-electron chi connectivity index (χ4n) is 3.17. The quantitative estimate of drug-likeness (QED) is 0.907. The summed E-state index contributed by atoms with van der Waals surface area (Å²) in [6.07, 6.45) is 3.45. The molecule has 0 aromatic heterocycles. The summed E-state index contributed by atoms with van der Waals surface area (Å²) in [7, 11) is 4.39. The van der Waals surface area contributed by atoms with Gasteiger partial charge in [0.15, 0.2) is 0 Å². The molecule has 1 aliphatic rings. The van der Waals surface area contributed by atoms with E-state index in [-0.39, 0.29) is 6.04 Å². The molecule has 0 bridgehead atoms. The maximum absolute atomic E-state index is 6.15. The summed E-state index contributed by atoms with van der Waals surface area (Å²) in [5, 5.41) is 0.794. The summed E-state index contributed by atoms with van der Waals surface area (Å²) in [6.45, 7) is 5.58. The Morgan fingerprint density at radius 3 is 2.67 bits per heavy atom. The molecule has 2 N–H and O–H groups in total. The van der Waals surface area contributed by atoms with E-state index >= 15 is 0 Å². The Morgan fingerprint density at radius 1 is 1.38 bits per heavy atom. The molecule has 0 aliphatic carbocycles. The Morgan fingerprint density at radius 2 is 2.05 bits per heavy atom. The number of benzene rings is 1. The first-order valence-electron chi connectivity index (χ1n) is 7.89. The van der Waals surface area contributed by atoms with Gasteiger partial charge in [-0.2, -0.15) is 0 Å². The molecule has 1 aromatic rings. The molecule has 0 amide bonds. The maximum Gasteiger partial charge on any atom is 0.0410 e. The number of anilines is 1. The van der Waals surface area contributed by atoms with Crippen LogP contribution >= 0.6 is 11.6 Å². The summed E-state index contributed by atoms with van der Waals surface area (Å²) >= 11 is 6.15. The summed E-state index contributed by atoms with van der Waals surface area (Å²) in [4.78, 5) is 4.80. The molecule has 0 saturated carbocycles. The average molecular weight is 310 g/mol. The molecular formula is C17H28ClN3. The molecule has 1 heterocycles. The minimum absolute atomic E-state index is 0.152. The zero-order valence-electron chi connectivity index (χ0n) is 13.5. The predicted molar refractivity (Wildman–Crippen MR) is 92.3 cm³/mol. The van der Waals surface area contributed by atoms with Crippen molar-refractivity contribution >= 4 is 17.3 Å². The van der Waals surface area contributed by atoms with Crippen LogP contribution in [0.15, 0.2) is 18.2 Å². The maximum atomic E-state index is 6.15. The van der Waals surface area contributed by atoms with Crippen molar-refractivity contribution in [1.82, 2.24) is 4.90 Å². The SMILES string of the molecule is CC(N)Cc1cc(Cl)ccc1N(C)CC1CCN(C)CC1. The smallest absolute Gasteiger partial charge is 0.0410 e. The van der Waals surface area contributed by atoms with Gasteiger partial charge >= 0.3 is 0 Å². The second kappa shape index (κ2) is 7.48. The molecule has 3 nitrogen and oxygen atoms in total. The van der Waals surface area contributed by atoms with Crippen LogP contribution in [0.2, 0.25) is 5.02 Å². The van der Waals surface area contributed by atoms with Crippen LogP contribution in [-0.4, -0.2) is 44.7 Å². The van der Waals surface area contributed by atoms with Crippen LogP contribution in [0.1, 0.15) is 25.3 Å². The first-order valence-corrected chi connectivity index (χ1v) is 8.27. The molecule has 4 heteroatoms. The number of nitrogens with two attached hydrogens (primary N) is 1. The second-order valence-corrected chi connectivity index (χ2v) is 7.02. The fraction of sp³-hybridized carbons (Fsp3) is 0.647. The van der Waals surface area contributed by atoms with Gasteiger partial charge < -0.3 is 15.5 Å². The van der Waals surface area contributed by atoms with Gasteiger partial charge in [-0.1, -0.05) is 11.6 Å². The third kappa shape index (κ3) is 4.87. The highest BCUT2D eigenvalue weighted by atomic mass is 35.5. The lowest BCUT2D eigenvalue weighted by atomic mass is 9.96. The van der Waals surface area contributed by atoms with Gasteiger partial charge in [0.05, 0.1) is 0 Å². The number of nitrogens with zero attached hydrogens (tertiary/aromatic N) is 2. The van der Waals surface area contributed by atoms with Crippen LogP contribution in [-0.2, 0) is 6.42 Å². The van der Waals surface area contributed by atoms with E-state index in [9.17, 15) is 0 Å². The van der Waals surface area contributed by atoms with Gasteiger partial charge in [-0.15, -0.1) is 0 Å². The standard InChI is InChI=1S/C17H28ClN3/c1-13(19)10-15-11-16(18)4-5-17(15)21(3)12-14-6-8-20(2)9-7-14/h4-5,11,13-14H,6-10,12,19H2,1-3H3. The molecule has 1 unspecified atom stereocenters. The van der Waals surface area contributed by atoms with E-state index < -0.39 is 0 Å². The molecule has 118 valence electrons. The first kappa shape index (κ1) is 16.6. The van der Waals surface area contributed by atoms with E-state index in [1.807, 2.05) is 13.0 Å². The van der Waals surface area contributed by atoms with Crippen molar-refractivity contribution in [2.45, 2.75) is 32.2 Å². The highest BCUT2D eigenvalue weighted by Crippen LogP contribution is 2.27. The predicted octanol–water partition coefficient (Wildman–Crippen LogP) is 3.01. The third-order valence-electron chi connectivity index (χ3n) is 4.36. The lowest BCUT2D eigenvalue weighted by Gasteiger charge is -2.33. The number of likely N-dealkylation sites (tertiary alicyclic amines) is 1. The zero-order valence-corrected chi connectivity index (χ0v) is 14.2. The van der Waals surface area contributed by atoms with E-state index in [0.29, 0.717) is 0 Å². The van der Waals surface area contributed by atoms with Crippen LogP contribution < -0.4 is 10.6 Å². The van der Waals surface area contributed by atoms with Gasteiger partial charge in [0.25, 0.3) is 0 Å². The van der Waals surface area contributed by atoms with Crippen LogP contribution in [0, 0.1) is 5.92 Å². The topological polar surface area (TPSA) is 32.5 Å². The van der Waals surface area contributed by atoms with Gasteiger partial charge in [0, 0.05) is 30.3 Å². The Hall–Kier alpha value is -0.770. The minimum Gasteiger partial charge on any atom is -0.374 e. The molecular weight excluding hydrogens is 282 g/mol. The Labute approximate surface area is 134 Å². The Kier molecular flexibility index (Phi) is 5.91. The van der Waals surface area contributed by atoms with Gasteiger partial charge in [0.1, 0.15) is 0 Å². The van der Waals surface area contributed by atoms with E-state index in [4.69, 9.17) is 17.3 Å². The van der Waals surface area contributed by atoms with Crippen molar-refractivity contribution in [2.75, 3.05) is 38.6 Å². The average Bonchev–Trinajstić information content (AvgIpc) is 2.40. The molecule has 1 aromatic carbocycles. The molecule has 21 heavy (non-hydrogen) atoms. The molecule has 1 saturated heterocycles. The van der Waals surface area contributed by atoms with Crippen molar-refractivity contribution in [3.63, 3.8) is 0 Å². The van der Waals surface area contributed by atoms with E-state index in [0.717, 1.165) is 23.9 Å². The van der Waals surface area contributed by atoms with Crippen LogP contribution in [0.4, 0.5) is 5.69 Å². The van der Waals surface area contributed by atoms with Crippen molar-refractivity contribution in [3.8, 4) is 0 Å². The van der Waals surface area contributed by atoms with Crippen molar-refractivity contribution in [2.24, 2.45) is 11.7 Å². The van der Waals surface area contributed by atoms with Crippen molar-refractivity contribution in [1.29, 1.82) is 0 Å². The van der Waals surface area contributed by atoms with Gasteiger partial charge in [-0.25, -0.2) is 0 Å². The lowest BCUT2D eigenvalue weighted by Crippen LogP contribution is -2.36. The lowest BCUT2D eigenvalue weighted by molar-refractivity contribution is 0.222. The number of piperidine rings is 1.